The van der Waals surface area contributed by atoms with Gasteiger partial charge in [0.15, 0.2) is 0 Å². The maximum Gasteiger partial charge on any atom is 0.319 e. The average molecular weight is 390 g/mol. The van der Waals surface area contributed by atoms with Crippen molar-refractivity contribution in [1.82, 2.24) is 10.3 Å². The highest BCUT2D eigenvalue weighted by atomic mass is 35.5. The predicted octanol–water partition coefficient (Wildman–Crippen LogP) is 5.32. The molecule has 0 atom stereocenters. The van der Waals surface area contributed by atoms with Crippen molar-refractivity contribution in [3.05, 3.63) is 70.0 Å². The van der Waals surface area contributed by atoms with Crippen molar-refractivity contribution in [1.29, 1.82) is 0 Å². The molecule has 7 heteroatoms. The molecule has 134 valence electrons. The molecule has 1 heterocycles. The number of oxazole rings is 1. The first-order valence-corrected chi connectivity index (χ1v) is 8.78. The number of anilines is 1. The Morgan fingerprint density at radius 1 is 1.15 bits per heavy atom. The Labute approximate surface area is 161 Å². The van der Waals surface area contributed by atoms with Gasteiger partial charge >= 0.3 is 6.03 Å². The largest absolute Gasteiger partial charge is 0.444 e. The summed E-state index contributed by atoms with van der Waals surface area (Å²) in [6.45, 7) is 2.44. The Morgan fingerprint density at radius 2 is 1.92 bits per heavy atom. The smallest absolute Gasteiger partial charge is 0.319 e. The average Bonchev–Trinajstić information content (AvgIpc) is 3.07. The monoisotopic (exact) mass is 389 g/mol. The molecule has 26 heavy (non-hydrogen) atoms. The highest BCUT2D eigenvalue weighted by Gasteiger charge is 2.08. The molecular weight excluding hydrogens is 373 g/mol. The summed E-state index contributed by atoms with van der Waals surface area (Å²) in [6, 6.07) is 12.5. The lowest BCUT2D eigenvalue weighted by molar-refractivity contribution is 0.252. The molecule has 0 unspecified atom stereocenters. The SMILES string of the molecule is Cc1ccc(-c2nc(CCNC(=O)Nc3ccc(Cl)cc3Cl)co2)cc1. The number of halogens is 2. The molecule has 0 aliphatic rings. The first kappa shape index (κ1) is 18.3. The number of urea groups is 1. The molecule has 2 N–H and O–H groups in total. The van der Waals surface area contributed by atoms with Crippen LogP contribution in [0.15, 0.2) is 53.1 Å². The van der Waals surface area contributed by atoms with Crippen LogP contribution >= 0.6 is 23.2 Å². The summed E-state index contributed by atoms with van der Waals surface area (Å²) < 4.78 is 5.50. The molecule has 3 rings (SSSR count). The second-order valence-corrected chi connectivity index (χ2v) is 6.61. The zero-order valence-corrected chi connectivity index (χ0v) is 15.6. The van der Waals surface area contributed by atoms with Crippen LogP contribution in [0, 0.1) is 6.92 Å². The standard InChI is InChI=1S/C19H17Cl2N3O2/c1-12-2-4-13(5-3-12)18-23-15(11-26-18)8-9-22-19(25)24-17-7-6-14(20)10-16(17)21/h2-7,10-11H,8-9H2,1H3,(H2,22,24,25). The Hall–Kier alpha value is -2.50. The summed E-state index contributed by atoms with van der Waals surface area (Å²) in [6.07, 6.45) is 2.15. The van der Waals surface area contributed by atoms with Gasteiger partial charge in [-0.2, -0.15) is 0 Å². The van der Waals surface area contributed by atoms with E-state index in [2.05, 4.69) is 15.6 Å². The number of nitrogens with one attached hydrogen (secondary N) is 2. The Bertz CT molecular complexity index is 907. The Kier molecular flexibility index (Phi) is 5.81. The number of rotatable bonds is 5. The molecule has 5 nitrogen and oxygen atoms in total. The number of hydrogen-bond acceptors (Lipinski definition) is 3. The van der Waals surface area contributed by atoms with Crippen molar-refractivity contribution in [3.8, 4) is 11.5 Å². The van der Waals surface area contributed by atoms with E-state index in [1.807, 2.05) is 31.2 Å². The van der Waals surface area contributed by atoms with E-state index >= 15 is 0 Å². The van der Waals surface area contributed by atoms with E-state index in [0.717, 1.165) is 11.3 Å². The molecule has 0 bridgehead atoms. The zero-order chi connectivity index (χ0) is 18.5. The van der Waals surface area contributed by atoms with E-state index in [1.165, 1.54) is 5.56 Å². The first-order valence-electron chi connectivity index (χ1n) is 8.02. The van der Waals surface area contributed by atoms with Gasteiger partial charge in [-0.05, 0) is 37.3 Å². The number of nitrogens with zero attached hydrogens (tertiary/aromatic N) is 1. The van der Waals surface area contributed by atoms with E-state index < -0.39 is 0 Å². The van der Waals surface area contributed by atoms with Crippen molar-refractivity contribution >= 4 is 34.9 Å². The number of carbonyl (C=O) groups excluding carboxylic acids is 1. The number of aromatic nitrogens is 1. The summed E-state index contributed by atoms with van der Waals surface area (Å²) in [4.78, 5) is 16.4. The van der Waals surface area contributed by atoms with Gasteiger partial charge in [-0.1, -0.05) is 40.9 Å². The van der Waals surface area contributed by atoms with E-state index in [4.69, 9.17) is 27.6 Å². The first-order chi connectivity index (χ1) is 12.5. The van der Waals surface area contributed by atoms with E-state index in [9.17, 15) is 4.79 Å². The zero-order valence-electron chi connectivity index (χ0n) is 14.1. The number of aryl methyl sites for hydroxylation is 1. The molecule has 3 aromatic rings. The van der Waals surface area contributed by atoms with Gasteiger partial charge in [0.25, 0.3) is 0 Å². The van der Waals surface area contributed by atoms with Crippen molar-refractivity contribution in [3.63, 3.8) is 0 Å². The number of carbonyl (C=O) groups is 1. The molecule has 0 spiro atoms. The summed E-state index contributed by atoms with van der Waals surface area (Å²) >= 11 is 11.9. The van der Waals surface area contributed by atoms with Crippen molar-refractivity contribution < 1.29 is 9.21 Å². The van der Waals surface area contributed by atoms with Gasteiger partial charge < -0.3 is 15.1 Å². The fourth-order valence-corrected chi connectivity index (χ4v) is 2.77. The maximum atomic E-state index is 11.9. The van der Waals surface area contributed by atoms with Crippen LogP contribution in [0.4, 0.5) is 10.5 Å². The van der Waals surface area contributed by atoms with Crippen LogP contribution in [0.25, 0.3) is 11.5 Å². The molecule has 0 fully saturated rings. The fraction of sp³-hybridized carbons (Fsp3) is 0.158. The fourth-order valence-electron chi connectivity index (χ4n) is 2.31. The summed E-state index contributed by atoms with van der Waals surface area (Å²) in [5.74, 6) is 0.567. The molecule has 2 aromatic carbocycles. The van der Waals surface area contributed by atoms with E-state index in [1.54, 1.807) is 24.5 Å². The molecule has 0 aliphatic heterocycles. The minimum atomic E-state index is -0.350. The highest BCUT2D eigenvalue weighted by molar-refractivity contribution is 6.36. The van der Waals surface area contributed by atoms with Crippen LogP contribution in [-0.4, -0.2) is 17.6 Å². The highest BCUT2D eigenvalue weighted by Crippen LogP contribution is 2.25. The lowest BCUT2D eigenvalue weighted by Gasteiger charge is -2.08. The summed E-state index contributed by atoms with van der Waals surface area (Å²) in [5.41, 5.74) is 3.36. The van der Waals surface area contributed by atoms with Crippen LogP contribution in [-0.2, 0) is 6.42 Å². The van der Waals surface area contributed by atoms with Crippen molar-refractivity contribution in [2.24, 2.45) is 0 Å². The molecule has 1 aromatic heterocycles. The Balaban J connectivity index is 1.50. The number of hydrogen-bond donors (Lipinski definition) is 2. The minimum Gasteiger partial charge on any atom is -0.444 e. The topological polar surface area (TPSA) is 67.2 Å². The van der Waals surface area contributed by atoms with Crippen LogP contribution < -0.4 is 10.6 Å². The van der Waals surface area contributed by atoms with E-state index in [-0.39, 0.29) is 6.03 Å². The van der Waals surface area contributed by atoms with Gasteiger partial charge in [-0.3, -0.25) is 0 Å². The molecular formula is C19H17Cl2N3O2. The van der Waals surface area contributed by atoms with Gasteiger partial charge in [0.2, 0.25) is 5.89 Å². The lowest BCUT2D eigenvalue weighted by Crippen LogP contribution is -2.30. The maximum absolute atomic E-state index is 11.9. The van der Waals surface area contributed by atoms with Gasteiger partial charge in [-0.25, -0.2) is 9.78 Å². The molecule has 0 saturated carbocycles. The summed E-state index contributed by atoms with van der Waals surface area (Å²) in [5, 5.41) is 6.32. The van der Waals surface area contributed by atoms with Crippen molar-refractivity contribution in [2.75, 3.05) is 11.9 Å². The molecule has 0 saturated heterocycles. The van der Waals surface area contributed by atoms with Gasteiger partial charge in [-0.15, -0.1) is 0 Å². The third-order valence-electron chi connectivity index (χ3n) is 3.70. The van der Waals surface area contributed by atoms with Crippen LogP contribution in [0.2, 0.25) is 10.0 Å². The third kappa shape index (κ3) is 4.77. The predicted molar refractivity (Wildman–Crippen MR) is 104 cm³/mol. The third-order valence-corrected chi connectivity index (χ3v) is 4.24. The van der Waals surface area contributed by atoms with Gasteiger partial charge in [0.1, 0.15) is 6.26 Å². The summed E-state index contributed by atoms with van der Waals surface area (Å²) in [7, 11) is 0. The second-order valence-electron chi connectivity index (χ2n) is 5.77. The van der Waals surface area contributed by atoms with Gasteiger partial charge in [0, 0.05) is 23.6 Å². The molecule has 0 radical (unpaired) electrons. The lowest BCUT2D eigenvalue weighted by atomic mass is 10.1. The van der Waals surface area contributed by atoms with Gasteiger partial charge in [0.05, 0.1) is 16.4 Å². The van der Waals surface area contributed by atoms with Crippen LogP contribution in [0.1, 0.15) is 11.3 Å². The van der Waals surface area contributed by atoms with Crippen molar-refractivity contribution in [2.45, 2.75) is 13.3 Å². The second kappa shape index (κ2) is 8.25. The quantitative estimate of drug-likeness (QED) is 0.620. The normalized spacial score (nSPS) is 10.6. The van der Waals surface area contributed by atoms with E-state index in [0.29, 0.717) is 34.6 Å². The molecule has 2 amide bonds. The number of amides is 2. The number of benzene rings is 2. The Morgan fingerprint density at radius 3 is 2.65 bits per heavy atom. The minimum absolute atomic E-state index is 0.350. The van der Waals surface area contributed by atoms with Crippen LogP contribution in [0.3, 0.4) is 0 Å². The molecule has 0 aliphatic carbocycles. The van der Waals surface area contributed by atoms with Crippen LogP contribution in [0.5, 0.6) is 0 Å².